The molecule has 32 heavy (non-hydrogen) atoms. The van der Waals surface area contributed by atoms with E-state index in [2.05, 4.69) is 16.0 Å². The molecular formula is C24H49BrMgN2O2S2. The number of hydrogen-bond acceptors (Lipinski definition) is 2. The summed E-state index contributed by atoms with van der Waals surface area (Å²) in [6.45, 7) is 14.1. The summed E-state index contributed by atoms with van der Waals surface area (Å²) in [6, 6.07) is 0.394. The van der Waals surface area contributed by atoms with Crippen molar-refractivity contribution >= 4 is 51.2 Å². The van der Waals surface area contributed by atoms with E-state index in [9.17, 15) is 8.42 Å². The summed E-state index contributed by atoms with van der Waals surface area (Å²) in [4.78, 5) is 0. The summed E-state index contributed by atoms with van der Waals surface area (Å²) in [5.41, 5.74) is 0. The average Bonchev–Trinajstić information content (AvgIpc) is 2.66. The van der Waals surface area contributed by atoms with Crippen molar-refractivity contribution in [2.45, 2.75) is 128 Å². The van der Waals surface area contributed by atoms with Gasteiger partial charge in [0.1, 0.15) is 11.0 Å². The third-order valence-corrected chi connectivity index (χ3v) is 8.81. The van der Waals surface area contributed by atoms with Crippen molar-refractivity contribution in [3.05, 3.63) is 7.43 Å². The van der Waals surface area contributed by atoms with Crippen LogP contribution in [0.3, 0.4) is 0 Å². The monoisotopic (exact) mass is 564 g/mol. The average molecular weight is 566 g/mol. The SMILES string of the molecule is CC(C)(C)[S@](=O)N=CC1CCCCC1.C[C@@H](N[S@@](=O)C(C)(C)C)C1CCCCC1.[Br-].[CH3-].[Mg+2]. The Labute approximate surface area is 231 Å². The van der Waals surface area contributed by atoms with Crippen LogP contribution in [0.25, 0.3) is 0 Å². The first-order chi connectivity index (χ1) is 13.4. The Kier molecular flexibility index (Phi) is 21.7. The van der Waals surface area contributed by atoms with Crippen LogP contribution in [0.2, 0.25) is 0 Å². The molecule has 2 rings (SSSR count). The molecule has 0 aliphatic heterocycles. The molecule has 0 bridgehead atoms. The minimum Gasteiger partial charge on any atom is -1.00 e. The maximum absolute atomic E-state index is 11.9. The van der Waals surface area contributed by atoms with Gasteiger partial charge in [-0.25, -0.2) is 13.1 Å². The van der Waals surface area contributed by atoms with E-state index in [0.29, 0.717) is 12.0 Å². The Morgan fingerprint density at radius 1 is 0.844 bits per heavy atom. The van der Waals surface area contributed by atoms with E-state index in [1.807, 2.05) is 47.8 Å². The molecule has 0 unspecified atom stereocenters. The van der Waals surface area contributed by atoms with Crippen molar-refractivity contribution in [1.29, 1.82) is 0 Å². The van der Waals surface area contributed by atoms with Gasteiger partial charge in [-0.05, 0) is 86.0 Å². The predicted molar refractivity (Wildman–Crippen MR) is 142 cm³/mol. The molecular weight excluding hydrogens is 517 g/mol. The zero-order valence-electron chi connectivity index (χ0n) is 22.0. The van der Waals surface area contributed by atoms with Crippen LogP contribution in [-0.4, -0.2) is 53.2 Å². The van der Waals surface area contributed by atoms with Crippen LogP contribution in [0.1, 0.15) is 113 Å². The van der Waals surface area contributed by atoms with E-state index in [1.165, 1.54) is 64.2 Å². The van der Waals surface area contributed by atoms with Crippen molar-refractivity contribution in [2.24, 2.45) is 16.2 Å². The molecule has 0 radical (unpaired) electrons. The van der Waals surface area contributed by atoms with Gasteiger partial charge < -0.3 is 24.4 Å². The maximum Gasteiger partial charge on any atom is 2.00 e. The fourth-order valence-electron chi connectivity index (χ4n) is 3.66. The molecule has 2 aliphatic carbocycles. The largest absolute Gasteiger partial charge is 2.00 e. The number of halogens is 1. The van der Waals surface area contributed by atoms with E-state index < -0.39 is 22.0 Å². The van der Waals surface area contributed by atoms with Crippen LogP contribution in [0.4, 0.5) is 0 Å². The number of hydrogen-bond donors (Lipinski definition) is 1. The summed E-state index contributed by atoms with van der Waals surface area (Å²) in [5.74, 6) is 1.31. The van der Waals surface area contributed by atoms with E-state index in [-0.39, 0.29) is 57.0 Å². The molecule has 0 heterocycles. The van der Waals surface area contributed by atoms with Gasteiger partial charge in [-0.1, -0.05) is 38.5 Å². The van der Waals surface area contributed by atoms with Gasteiger partial charge in [-0.3, -0.25) is 0 Å². The third kappa shape index (κ3) is 16.0. The minimum atomic E-state index is -1.07. The van der Waals surface area contributed by atoms with Crippen LogP contribution >= 0.6 is 0 Å². The fraction of sp³-hybridized carbons (Fsp3) is 0.917. The van der Waals surface area contributed by atoms with Crippen LogP contribution < -0.4 is 21.7 Å². The first-order valence-corrected chi connectivity index (χ1v) is 13.8. The molecule has 0 amide bonds. The Hall–Kier alpha value is 1.18. The molecule has 2 fully saturated rings. The van der Waals surface area contributed by atoms with Crippen LogP contribution in [0.5, 0.6) is 0 Å². The molecule has 2 aliphatic rings. The van der Waals surface area contributed by atoms with Gasteiger partial charge in [0, 0.05) is 12.3 Å². The minimum absolute atomic E-state index is 0. The summed E-state index contributed by atoms with van der Waals surface area (Å²) in [7, 11) is -1.99. The van der Waals surface area contributed by atoms with Crippen molar-refractivity contribution < 1.29 is 25.4 Å². The van der Waals surface area contributed by atoms with E-state index in [4.69, 9.17) is 0 Å². The number of rotatable bonds is 5. The summed E-state index contributed by atoms with van der Waals surface area (Å²) >= 11 is 0. The summed E-state index contributed by atoms with van der Waals surface area (Å²) < 4.78 is 30.6. The third-order valence-electron chi connectivity index (χ3n) is 5.75. The number of nitrogens with zero attached hydrogens (tertiary/aromatic N) is 1. The topological polar surface area (TPSA) is 58.5 Å². The second-order valence-electron chi connectivity index (χ2n) is 10.7. The predicted octanol–water partition coefficient (Wildman–Crippen LogP) is 3.18. The van der Waals surface area contributed by atoms with E-state index >= 15 is 0 Å². The normalized spacial score (nSPS) is 21.1. The molecule has 2 saturated carbocycles. The summed E-state index contributed by atoms with van der Waals surface area (Å²) in [6.07, 6.45) is 15.0. The Balaban J connectivity index is -0.000000481. The molecule has 188 valence electrons. The smallest absolute Gasteiger partial charge is 1.00 e. The van der Waals surface area contributed by atoms with E-state index in [0.717, 1.165) is 5.92 Å². The zero-order chi connectivity index (χ0) is 22.1. The molecule has 0 aromatic rings. The van der Waals surface area contributed by atoms with Gasteiger partial charge in [0.15, 0.2) is 0 Å². The van der Waals surface area contributed by atoms with Crippen molar-refractivity contribution in [3.8, 4) is 0 Å². The molecule has 0 aromatic heterocycles. The van der Waals surface area contributed by atoms with Crippen molar-refractivity contribution in [1.82, 2.24) is 4.72 Å². The first-order valence-electron chi connectivity index (χ1n) is 11.6. The molecule has 4 nitrogen and oxygen atoms in total. The van der Waals surface area contributed by atoms with Gasteiger partial charge in [-0.15, -0.1) is 0 Å². The second-order valence-corrected chi connectivity index (χ2v) is 14.6. The fourth-order valence-corrected chi connectivity index (χ4v) is 5.14. The summed E-state index contributed by atoms with van der Waals surface area (Å²) in [5, 5.41) is 0. The van der Waals surface area contributed by atoms with Gasteiger partial charge in [-0.2, -0.15) is 4.40 Å². The molecule has 0 spiro atoms. The molecule has 3 atom stereocenters. The van der Waals surface area contributed by atoms with Gasteiger partial charge in [0.2, 0.25) is 0 Å². The van der Waals surface area contributed by atoms with Crippen molar-refractivity contribution in [3.63, 3.8) is 0 Å². The Morgan fingerprint density at radius 3 is 1.69 bits per heavy atom. The maximum atomic E-state index is 11.9. The second kappa shape index (κ2) is 18.4. The standard InChI is InChI=1S/C12H25NOS.C11H21NOS.CH3.BrH.Mg/c1-10(11-8-6-5-7-9-11)13-15(14)12(2,3)4;1-11(2,3)14(13)12-9-10-7-5-4-6-8-10;;;/h10-11,13H,5-9H2,1-4H3;9-10H,4-8H2,1-3H3;1H3;1H;/q;;-1;;+2/p-1/t10-,15+;14-;;;/m10.../s1. The molecule has 0 saturated heterocycles. The van der Waals surface area contributed by atoms with Crippen molar-refractivity contribution in [2.75, 3.05) is 0 Å². The molecule has 0 aromatic carbocycles. The van der Waals surface area contributed by atoms with Gasteiger partial charge >= 0.3 is 23.1 Å². The van der Waals surface area contributed by atoms with Crippen LogP contribution in [0, 0.1) is 19.3 Å². The Morgan fingerprint density at radius 2 is 1.28 bits per heavy atom. The zero-order valence-corrected chi connectivity index (χ0v) is 26.7. The quantitative estimate of drug-likeness (QED) is 0.316. The van der Waals surface area contributed by atoms with Gasteiger partial charge in [0.05, 0.1) is 20.5 Å². The molecule has 1 N–H and O–H groups in total. The van der Waals surface area contributed by atoms with Crippen LogP contribution in [-0.2, 0) is 22.0 Å². The first kappa shape index (κ1) is 37.7. The van der Waals surface area contributed by atoms with Crippen LogP contribution in [0.15, 0.2) is 4.40 Å². The number of nitrogens with one attached hydrogen (secondary N) is 1. The van der Waals surface area contributed by atoms with Gasteiger partial charge in [0.25, 0.3) is 0 Å². The van der Waals surface area contributed by atoms with E-state index in [1.54, 1.807) is 0 Å². The molecule has 8 heteroatoms. The Bertz CT molecular complexity index is 551.